The van der Waals surface area contributed by atoms with Crippen LogP contribution in [0.15, 0.2) is 12.7 Å². The molecule has 1 fully saturated rings. The van der Waals surface area contributed by atoms with Crippen LogP contribution in [0.5, 0.6) is 0 Å². The van der Waals surface area contributed by atoms with Gasteiger partial charge in [0.25, 0.3) is 0 Å². The van der Waals surface area contributed by atoms with Gasteiger partial charge in [-0.3, -0.25) is 0 Å². The largest absolute Gasteiger partial charge is 0.394 e. The Balaban J connectivity index is 2.44. The second-order valence-electron chi connectivity index (χ2n) is 5.08. The lowest BCUT2D eigenvalue weighted by molar-refractivity contribution is -0.332. The van der Waals surface area contributed by atoms with Crippen LogP contribution in [0.2, 0.25) is 0 Å². The van der Waals surface area contributed by atoms with Gasteiger partial charge in [-0.15, -0.1) is 0 Å². The summed E-state index contributed by atoms with van der Waals surface area (Å²) in [5.41, 5.74) is 0. The molecule has 0 aromatic carbocycles. The number of ether oxygens (including phenoxy) is 2. The van der Waals surface area contributed by atoms with Gasteiger partial charge in [-0.1, -0.05) is 24.5 Å². The molecule has 7 atom stereocenters. The topological polar surface area (TPSA) is 140 Å². The first kappa shape index (κ1) is 20.6. The van der Waals surface area contributed by atoms with E-state index in [1.807, 2.05) is 0 Å². The molecular weight excluding hydrogens is 320 g/mol. The van der Waals surface area contributed by atoms with E-state index < -0.39 is 49.7 Å². The minimum atomic E-state index is -1.57. The lowest BCUT2D eigenvalue weighted by Crippen LogP contribution is -2.59. The lowest BCUT2D eigenvalue weighted by atomic mass is 9.99. The molecule has 1 aliphatic rings. The zero-order valence-corrected chi connectivity index (χ0v) is 12.9. The number of aliphatic hydroxyl groups excluding tert-OH is 6. The summed E-state index contributed by atoms with van der Waals surface area (Å²) in [5.74, 6) is 9.93. The number of hydrogen-bond acceptors (Lipinski definition) is 8. The Labute approximate surface area is 140 Å². The maximum absolute atomic E-state index is 9.76. The molecular formula is C16H22O8. The monoisotopic (exact) mass is 342 g/mol. The normalized spacial score (nSPS) is 31.8. The summed E-state index contributed by atoms with van der Waals surface area (Å²) < 4.78 is 10.2. The van der Waals surface area contributed by atoms with E-state index >= 15 is 0 Å². The Kier molecular flexibility index (Phi) is 8.93. The standard InChI is InChI=1S/C16H22O8/c1-2-10(18)7-5-3-4-6-8-12(19)24-16-15(22)14(21)13(20)11(9-17)23-16/h2,10-22H,1,6,8-9H2. The third-order valence-electron chi connectivity index (χ3n) is 3.25. The van der Waals surface area contributed by atoms with Gasteiger partial charge >= 0.3 is 0 Å². The molecule has 7 unspecified atom stereocenters. The summed E-state index contributed by atoms with van der Waals surface area (Å²) in [7, 11) is 0. The average Bonchev–Trinajstić information content (AvgIpc) is 2.58. The maximum Gasteiger partial charge on any atom is 0.189 e. The molecule has 1 aliphatic heterocycles. The van der Waals surface area contributed by atoms with Gasteiger partial charge in [0.1, 0.15) is 30.5 Å². The summed E-state index contributed by atoms with van der Waals surface area (Å²) in [6.45, 7) is 2.77. The molecule has 0 radical (unpaired) electrons. The van der Waals surface area contributed by atoms with Crippen LogP contribution in [0.4, 0.5) is 0 Å². The first-order valence-corrected chi connectivity index (χ1v) is 7.33. The van der Waals surface area contributed by atoms with Crippen LogP contribution in [-0.2, 0) is 9.47 Å². The molecule has 1 saturated heterocycles. The van der Waals surface area contributed by atoms with Crippen molar-refractivity contribution in [1.29, 1.82) is 0 Å². The third kappa shape index (κ3) is 6.21. The quantitative estimate of drug-likeness (QED) is 0.176. The molecule has 8 nitrogen and oxygen atoms in total. The highest BCUT2D eigenvalue weighted by Crippen LogP contribution is 2.23. The van der Waals surface area contributed by atoms with Crippen molar-refractivity contribution in [3.05, 3.63) is 12.7 Å². The van der Waals surface area contributed by atoms with E-state index in [0.29, 0.717) is 0 Å². The van der Waals surface area contributed by atoms with Gasteiger partial charge in [0.15, 0.2) is 12.6 Å². The molecule has 0 aliphatic carbocycles. The van der Waals surface area contributed by atoms with Gasteiger partial charge < -0.3 is 40.1 Å². The van der Waals surface area contributed by atoms with Gasteiger partial charge in [0, 0.05) is 12.8 Å². The minimum absolute atomic E-state index is 0.0771. The van der Waals surface area contributed by atoms with Crippen LogP contribution in [0.1, 0.15) is 12.8 Å². The van der Waals surface area contributed by atoms with E-state index in [0.717, 1.165) is 0 Å². The van der Waals surface area contributed by atoms with Crippen molar-refractivity contribution in [2.24, 2.45) is 0 Å². The molecule has 0 bridgehead atoms. The van der Waals surface area contributed by atoms with Crippen molar-refractivity contribution in [1.82, 2.24) is 0 Å². The molecule has 8 heteroatoms. The first-order chi connectivity index (χ1) is 11.4. The SMILES string of the molecule is C=CC(O)C#CC#CCCC(O)OC1OC(CO)C(O)C(O)C1O. The first-order valence-electron chi connectivity index (χ1n) is 7.33. The molecule has 0 aromatic rings. The van der Waals surface area contributed by atoms with Gasteiger partial charge in [0.05, 0.1) is 6.61 Å². The van der Waals surface area contributed by atoms with Gasteiger partial charge in [-0.2, -0.15) is 0 Å². The number of rotatable bonds is 6. The Morgan fingerprint density at radius 3 is 2.46 bits per heavy atom. The van der Waals surface area contributed by atoms with Gasteiger partial charge in [-0.25, -0.2) is 0 Å². The van der Waals surface area contributed by atoms with E-state index in [-0.39, 0.29) is 12.8 Å². The third-order valence-corrected chi connectivity index (χ3v) is 3.25. The predicted molar refractivity (Wildman–Crippen MR) is 81.8 cm³/mol. The molecule has 0 saturated carbocycles. The zero-order chi connectivity index (χ0) is 18.1. The Hall–Kier alpha value is -1.46. The fourth-order valence-corrected chi connectivity index (χ4v) is 1.87. The molecule has 1 rings (SSSR count). The van der Waals surface area contributed by atoms with Crippen molar-refractivity contribution < 1.29 is 40.1 Å². The lowest BCUT2D eigenvalue weighted by Gasteiger charge is -2.40. The van der Waals surface area contributed by atoms with Crippen molar-refractivity contribution in [3.8, 4) is 23.7 Å². The van der Waals surface area contributed by atoms with E-state index in [1.165, 1.54) is 6.08 Å². The maximum atomic E-state index is 9.76. The van der Waals surface area contributed by atoms with Crippen molar-refractivity contribution in [2.75, 3.05) is 6.61 Å². The van der Waals surface area contributed by atoms with Crippen molar-refractivity contribution >= 4 is 0 Å². The smallest absolute Gasteiger partial charge is 0.189 e. The van der Waals surface area contributed by atoms with Gasteiger partial charge in [-0.05, 0) is 11.8 Å². The Bertz CT molecular complexity index is 512. The second-order valence-corrected chi connectivity index (χ2v) is 5.08. The van der Waals surface area contributed by atoms with E-state index in [4.69, 9.17) is 19.7 Å². The highest BCUT2D eigenvalue weighted by molar-refractivity contribution is 5.28. The van der Waals surface area contributed by atoms with Crippen LogP contribution in [0.25, 0.3) is 0 Å². The van der Waals surface area contributed by atoms with Crippen molar-refractivity contribution in [2.45, 2.75) is 55.9 Å². The summed E-state index contributed by atoms with van der Waals surface area (Å²) in [5, 5.41) is 56.8. The fourth-order valence-electron chi connectivity index (χ4n) is 1.87. The average molecular weight is 342 g/mol. The molecule has 6 N–H and O–H groups in total. The number of hydrogen-bond donors (Lipinski definition) is 6. The Morgan fingerprint density at radius 2 is 1.83 bits per heavy atom. The molecule has 24 heavy (non-hydrogen) atoms. The number of aliphatic hydroxyl groups is 6. The second kappa shape index (κ2) is 10.4. The van der Waals surface area contributed by atoms with Gasteiger partial charge in [0.2, 0.25) is 0 Å². The molecule has 1 heterocycles. The van der Waals surface area contributed by atoms with E-state index in [9.17, 15) is 20.4 Å². The predicted octanol–water partition coefficient (Wildman–Crippen LogP) is -2.54. The van der Waals surface area contributed by atoms with Crippen LogP contribution < -0.4 is 0 Å². The van der Waals surface area contributed by atoms with Crippen LogP contribution in [0, 0.1) is 23.7 Å². The zero-order valence-electron chi connectivity index (χ0n) is 12.9. The van der Waals surface area contributed by atoms with E-state index in [2.05, 4.69) is 30.3 Å². The van der Waals surface area contributed by atoms with Crippen LogP contribution in [-0.4, -0.2) is 80.3 Å². The van der Waals surface area contributed by atoms with Crippen LogP contribution >= 0.6 is 0 Å². The minimum Gasteiger partial charge on any atom is -0.394 e. The highest BCUT2D eigenvalue weighted by Gasteiger charge is 2.44. The summed E-state index contributed by atoms with van der Waals surface area (Å²) in [6.07, 6.45) is -7.87. The molecule has 0 spiro atoms. The molecule has 0 aromatic heterocycles. The summed E-state index contributed by atoms with van der Waals surface area (Å²) in [4.78, 5) is 0. The van der Waals surface area contributed by atoms with Crippen LogP contribution in [0.3, 0.4) is 0 Å². The van der Waals surface area contributed by atoms with E-state index in [1.54, 1.807) is 0 Å². The fraction of sp³-hybridized carbons (Fsp3) is 0.625. The Morgan fingerprint density at radius 1 is 1.12 bits per heavy atom. The summed E-state index contributed by atoms with van der Waals surface area (Å²) >= 11 is 0. The molecule has 0 amide bonds. The summed E-state index contributed by atoms with van der Waals surface area (Å²) in [6, 6.07) is 0. The molecule has 134 valence electrons. The van der Waals surface area contributed by atoms with Crippen molar-refractivity contribution in [3.63, 3.8) is 0 Å². The highest BCUT2D eigenvalue weighted by atomic mass is 16.7.